The Hall–Kier alpha value is -2.52. The fourth-order valence-corrected chi connectivity index (χ4v) is 3.22. The molecular formula is C18H25N7O2. The lowest BCUT2D eigenvalue weighted by Gasteiger charge is -2.39. The molecule has 0 radical (unpaired) electrons. The highest BCUT2D eigenvalue weighted by Gasteiger charge is 2.33. The monoisotopic (exact) mass is 371 g/mol. The summed E-state index contributed by atoms with van der Waals surface area (Å²) < 4.78 is 11.6. The molecule has 1 aliphatic heterocycles. The molecule has 2 aliphatic rings. The van der Waals surface area contributed by atoms with Crippen LogP contribution >= 0.6 is 0 Å². The fourth-order valence-electron chi connectivity index (χ4n) is 3.22. The first-order valence-corrected chi connectivity index (χ1v) is 9.21. The molecule has 4 rings (SSSR count). The molecule has 0 spiro atoms. The van der Waals surface area contributed by atoms with Gasteiger partial charge >= 0.3 is 0 Å². The number of anilines is 2. The molecule has 1 saturated carbocycles. The molecule has 9 heteroatoms. The van der Waals surface area contributed by atoms with Crippen molar-refractivity contribution >= 4 is 11.9 Å². The number of morpholine rings is 1. The van der Waals surface area contributed by atoms with Crippen molar-refractivity contribution in [3.05, 3.63) is 18.5 Å². The number of aromatic nitrogens is 4. The first-order chi connectivity index (χ1) is 13.1. The number of rotatable bonds is 5. The van der Waals surface area contributed by atoms with Gasteiger partial charge in [-0.05, 0) is 14.1 Å². The van der Waals surface area contributed by atoms with Gasteiger partial charge in [-0.25, -0.2) is 15.0 Å². The molecule has 0 amide bonds. The molecule has 1 aliphatic carbocycles. The summed E-state index contributed by atoms with van der Waals surface area (Å²) in [6.07, 6.45) is 5.53. The Bertz CT molecular complexity index is 772. The van der Waals surface area contributed by atoms with E-state index in [1.54, 1.807) is 12.4 Å². The van der Waals surface area contributed by atoms with E-state index in [0.29, 0.717) is 31.1 Å². The first kappa shape index (κ1) is 17.9. The van der Waals surface area contributed by atoms with Crippen LogP contribution in [-0.2, 0) is 4.74 Å². The van der Waals surface area contributed by atoms with Crippen molar-refractivity contribution in [1.82, 2.24) is 24.8 Å². The molecule has 27 heavy (non-hydrogen) atoms. The minimum absolute atomic E-state index is 0.181. The van der Waals surface area contributed by atoms with E-state index < -0.39 is 0 Å². The van der Waals surface area contributed by atoms with Crippen LogP contribution in [0.4, 0.5) is 11.9 Å². The largest absolute Gasteiger partial charge is 0.474 e. The lowest BCUT2D eigenvalue weighted by Crippen LogP contribution is -2.46. The summed E-state index contributed by atoms with van der Waals surface area (Å²) in [6.45, 7) is 2.85. The Kier molecular flexibility index (Phi) is 5.04. The van der Waals surface area contributed by atoms with Crippen LogP contribution < -0.4 is 15.4 Å². The van der Waals surface area contributed by atoms with E-state index >= 15 is 0 Å². The van der Waals surface area contributed by atoms with Gasteiger partial charge in [0.2, 0.25) is 17.8 Å². The van der Waals surface area contributed by atoms with Crippen molar-refractivity contribution < 1.29 is 9.47 Å². The van der Waals surface area contributed by atoms with Crippen molar-refractivity contribution in [2.24, 2.45) is 0 Å². The molecule has 2 N–H and O–H groups in total. The zero-order valence-electron chi connectivity index (χ0n) is 15.7. The third-order valence-corrected chi connectivity index (χ3v) is 5.04. The van der Waals surface area contributed by atoms with Crippen LogP contribution in [0, 0.1) is 0 Å². The number of ether oxygens (including phenoxy) is 2. The highest BCUT2D eigenvalue weighted by atomic mass is 16.5. The summed E-state index contributed by atoms with van der Waals surface area (Å²) in [5, 5.41) is 0. The standard InChI is InChI=1S/C18H25N7O2/c1-24(2)13-7-14(8-13)27-16-9-15(12-10-20-17(19)21-11-12)22-18(23-16)25-3-5-26-6-4-25/h9-11,13-14H,3-8H2,1-2H3,(H2,19,20,21). The smallest absolute Gasteiger partial charge is 0.229 e. The second kappa shape index (κ2) is 7.61. The molecule has 0 atom stereocenters. The van der Waals surface area contributed by atoms with Gasteiger partial charge in [0.05, 0.1) is 18.9 Å². The van der Waals surface area contributed by atoms with E-state index in [1.165, 1.54) is 0 Å². The predicted molar refractivity (Wildman–Crippen MR) is 102 cm³/mol. The van der Waals surface area contributed by atoms with Crippen LogP contribution in [-0.4, -0.2) is 77.4 Å². The van der Waals surface area contributed by atoms with Gasteiger partial charge in [0, 0.05) is 56.0 Å². The summed E-state index contributed by atoms with van der Waals surface area (Å²) in [5.74, 6) is 1.47. The van der Waals surface area contributed by atoms with Crippen molar-refractivity contribution in [2.75, 3.05) is 51.0 Å². The quantitative estimate of drug-likeness (QED) is 0.818. The topological polar surface area (TPSA) is 103 Å². The van der Waals surface area contributed by atoms with Crippen LogP contribution in [0.3, 0.4) is 0 Å². The van der Waals surface area contributed by atoms with E-state index in [-0.39, 0.29) is 12.1 Å². The Balaban J connectivity index is 1.59. The molecule has 2 aromatic rings. The Morgan fingerprint density at radius 1 is 1.15 bits per heavy atom. The SMILES string of the molecule is CN(C)C1CC(Oc2cc(-c3cnc(N)nc3)nc(N3CCOCC3)n2)C1. The van der Waals surface area contributed by atoms with Gasteiger partial charge in [0.15, 0.2) is 0 Å². The third kappa shape index (κ3) is 4.09. The fraction of sp³-hybridized carbons (Fsp3) is 0.556. The van der Waals surface area contributed by atoms with E-state index in [0.717, 1.165) is 37.2 Å². The average Bonchev–Trinajstić information content (AvgIpc) is 2.65. The van der Waals surface area contributed by atoms with Gasteiger partial charge in [-0.3, -0.25) is 0 Å². The number of hydrogen-bond acceptors (Lipinski definition) is 9. The molecule has 9 nitrogen and oxygen atoms in total. The van der Waals surface area contributed by atoms with Crippen LogP contribution in [0.15, 0.2) is 18.5 Å². The zero-order chi connectivity index (χ0) is 18.8. The van der Waals surface area contributed by atoms with E-state index in [4.69, 9.17) is 20.2 Å². The van der Waals surface area contributed by atoms with Crippen molar-refractivity contribution in [3.8, 4) is 17.1 Å². The van der Waals surface area contributed by atoms with Gasteiger partial charge in [0.25, 0.3) is 0 Å². The summed E-state index contributed by atoms with van der Waals surface area (Å²) in [4.78, 5) is 21.8. The molecule has 0 aromatic carbocycles. The van der Waals surface area contributed by atoms with Crippen molar-refractivity contribution in [3.63, 3.8) is 0 Å². The van der Waals surface area contributed by atoms with Gasteiger partial charge in [-0.2, -0.15) is 4.98 Å². The molecule has 1 saturated heterocycles. The number of nitrogen functional groups attached to an aromatic ring is 1. The second-order valence-corrected chi connectivity index (χ2v) is 7.15. The Morgan fingerprint density at radius 2 is 1.85 bits per heavy atom. The lowest BCUT2D eigenvalue weighted by molar-refractivity contribution is 0.0369. The highest BCUT2D eigenvalue weighted by Crippen LogP contribution is 2.30. The van der Waals surface area contributed by atoms with E-state index in [1.807, 2.05) is 6.07 Å². The van der Waals surface area contributed by atoms with Crippen LogP contribution in [0.5, 0.6) is 5.88 Å². The number of nitrogens with two attached hydrogens (primary N) is 1. The maximum absolute atomic E-state index is 6.15. The maximum Gasteiger partial charge on any atom is 0.229 e. The summed E-state index contributed by atoms with van der Waals surface area (Å²) in [7, 11) is 4.20. The van der Waals surface area contributed by atoms with Crippen molar-refractivity contribution in [2.45, 2.75) is 25.0 Å². The number of nitrogens with zero attached hydrogens (tertiary/aromatic N) is 6. The Morgan fingerprint density at radius 3 is 2.52 bits per heavy atom. The van der Waals surface area contributed by atoms with Crippen LogP contribution in [0.2, 0.25) is 0 Å². The first-order valence-electron chi connectivity index (χ1n) is 9.21. The zero-order valence-corrected chi connectivity index (χ0v) is 15.7. The Labute approximate surface area is 158 Å². The van der Waals surface area contributed by atoms with E-state index in [2.05, 4.69) is 38.8 Å². The van der Waals surface area contributed by atoms with Gasteiger partial charge in [-0.1, -0.05) is 0 Å². The maximum atomic E-state index is 6.15. The lowest BCUT2D eigenvalue weighted by atomic mass is 9.88. The van der Waals surface area contributed by atoms with E-state index in [9.17, 15) is 0 Å². The summed E-state index contributed by atoms with van der Waals surface area (Å²) in [5.41, 5.74) is 7.11. The third-order valence-electron chi connectivity index (χ3n) is 5.04. The summed E-state index contributed by atoms with van der Waals surface area (Å²) >= 11 is 0. The van der Waals surface area contributed by atoms with Gasteiger partial charge in [0.1, 0.15) is 6.10 Å². The molecule has 0 bridgehead atoms. The molecule has 0 unspecified atom stereocenters. The highest BCUT2D eigenvalue weighted by molar-refractivity contribution is 5.60. The van der Waals surface area contributed by atoms with Crippen LogP contribution in [0.25, 0.3) is 11.3 Å². The molecular weight excluding hydrogens is 346 g/mol. The molecule has 144 valence electrons. The number of hydrogen-bond donors (Lipinski definition) is 1. The second-order valence-electron chi connectivity index (χ2n) is 7.15. The molecule has 3 heterocycles. The summed E-state index contributed by atoms with van der Waals surface area (Å²) in [6, 6.07) is 2.42. The van der Waals surface area contributed by atoms with Gasteiger partial charge < -0.3 is 25.0 Å². The van der Waals surface area contributed by atoms with Crippen molar-refractivity contribution in [1.29, 1.82) is 0 Å². The normalized spacial score (nSPS) is 22.6. The van der Waals surface area contributed by atoms with Gasteiger partial charge in [-0.15, -0.1) is 0 Å². The minimum Gasteiger partial charge on any atom is -0.474 e. The molecule has 2 fully saturated rings. The predicted octanol–water partition coefficient (Wildman–Crippen LogP) is 0.824. The molecule has 2 aromatic heterocycles. The average molecular weight is 371 g/mol. The van der Waals surface area contributed by atoms with Crippen LogP contribution in [0.1, 0.15) is 12.8 Å². The minimum atomic E-state index is 0.181.